The number of nitrogens with two attached hydrogens (primary N) is 1. The van der Waals surface area contributed by atoms with Crippen molar-refractivity contribution in [2.75, 3.05) is 6.54 Å². The first kappa shape index (κ1) is 15.5. The fraction of sp³-hybridized carbons (Fsp3) is 0.462. The number of hydrogen-bond donors (Lipinski definition) is 2. The van der Waals surface area contributed by atoms with Crippen molar-refractivity contribution in [2.45, 2.75) is 25.8 Å². The van der Waals surface area contributed by atoms with Crippen LogP contribution in [0.25, 0.3) is 0 Å². The van der Waals surface area contributed by atoms with Gasteiger partial charge in [0.25, 0.3) is 5.91 Å². The second-order valence-electron chi connectivity index (χ2n) is 4.62. The summed E-state index contributed by atoms with van der Waals surface area (Å²) in [6, 6.07) is 5.75. The van der Waals surface area contributed by atoms with Crippen LogP contribution in [0.4, 0.5) is 0 Å². The van der Waals surface area contributed by atoms with Crippen molar-refractivity contribution in [2.24, 2.45) is 11.7 Å². The SMILES string of the molecule is Cc1cc(C(=O)NC(CN)C2CC2)ccc1Br.Cl. The van der Waals surface area contributed by atoms with Gasteiger partial charge < -0.3 is 11.1 Å². The zero-order chi connectivity index (χ0) is 12.4. The van der Waals surface area contributed by atoms with Crippen molar-refractivity contribution in [3.05, 3.63) is 33.8 Å². The smallest absolute Gasteiger partial charge is 0.251 e. The number of carbonyl (C=O) groups excluding carboxylic acids is 1. The van der Waals surface area contributed by atoms with E-state index in [1.54, 1.807) is 0 Å². The number of halogens is 2. The molecule has 1 amide bonds. The molecule has 0 heterocycles. The van der Waals surface area contributed by atoms with Gasteiger partial charge in [-0.15, -0.1) is 12.4 Å². The molecular formula is C13H18BrClN2O. The van der Waals surface area contributed by atoms with Gasteiger partial charge in [-0.1, -0.05) is 15.9 Å². The number of aryl methyl sites for hydroxylation is 1. The molecule has 1 atom stereocenters. The average Bonchev–Trinajstić information content (AvgIpc) is 3.13. The lowest BCUT2D eigenvalue weighted by Crippen LogP contribution is -2.41. The Morgan fingerprint density at radius 1 is 1.56 bits per heavy atom. The summed E-state index contributed by atoms with van der Waals surface area (Å²) in [4.78, 5) is 12.0. The lowest BCUT2D eigenvalue weighted by Gasteiger charge is -2.16. The molecular weight excluding hydrogens is 316 g/mol. The Hall–Kier alpha value is -0.580. The van der Waals surface area contributed by atoms with Crippen LogP contribution in [-0.4, -0.2) is 18.5 Å². The Bertz CT molecular complexity index is 435. The first-order valence-corrected chi connectivity index (χ1v) is 6.68. The van der Waals surface area contributed by atoms with Crippen molar-refractivity contribution in [1.82, 2.24) is 5.32 Å². The summed E-state index contributed by atoms with van der Waals surface area (Å²) in [7, 11) is 0. The third kappa shape index (κ3) is 3.70. The van der Waals surface area contributed by atoms with Gasteiger partial charge in [-0.25, -0.2) is 0 Å². The van der Waals surface area contributed by atoms with Gasteiger partial charge in [0.15, 0.2) is 0 Å². The van der Waals surface area contributed by atoms with Crippen molar-refractivity contribution < 1.29 is 4.79 Å². The van der Waals surface area contributed by atoms with E-state index in [0.29, 0.717) is 18.0 Å². The predicted octanol–water partition coefficient (Wildman–Crippen LogP) is 2.65. The first-order chi connectivity index (χ1) is 8.11. The summed E-state index contributed by atoms with van der Waals surface area (Å²) in [5, 5.41) is 3.01. The normalized spacial score (nSPS) is 15.7. The highest BCUT2D eigenvalue weighted by molar-refractivity contribution is 9.10. The Morgan fingerprint density at radius 3 is 2.72 bits per heavy atom. The second kappa shape index (κ2) is 6.55. The molecule has 2 rings (SSSR count). The van der Waals surface area contributed by atoms with E-state index in [9.17, 15) is 4.79 Å². The van der Waals surface area contributed by atoms with Gasteiger partial charge in [0.1, 0.15) is 0 Å². The van der Waals surface area contributed by atoms with Crippen LogP contribution in [0.15, 0.2) is 22.7 Å². The highest BCUT2D eigenvalue weighted by Crippen LogP contribution is 2.32. The number of amides is 1. The summed E-state index contributed by atoms with van der Waals surface area (Å²) in [6.45, 7) is 2.49. The average molecular weight is 334 g/mol. The highest BCUT2D eigenvalue weighted by Gasteiger charge is 2.31. The van der Waals surface area contributed by atoms with Gasteiger partial charge in [-0.05, 0) is 49.4 Å². The number of hydrogen-bond acceptors (Lipinski definition) is 2. The molecule has 18 heavy (non-hydrogen) atoms. The summed E-state index contributed by atoms with van der Waals surface area (Å²) in [5.41, 5.74) is 7.43. The zero-order valence-corrected chi connectivity index (χ0v) is 12.7. The summed E-state index contributed by atoms with van der Waals surface area (Å²) in [6.07, 6.45) is 2.36. The molecule has 1 aliphatic rings. The maximum Gasteiger partial charge on any atom is 0.251 e. The molecule has 100 valence electrons. The Morgan fingerprint density at radius 2 is 2.22 bits per heavy atom. The zero-order valence-electron chi connectivity index (χ0n) is 10.3. The minimum atomic E-state index is -0.0250. The summed E-state index contributed by atoms with van der Waals surface area (Å²) < 4.78 is 1.02. The van der Waals surface area contributed by atoms with Crippen LogP contribution in [0.1, 0.15) is 28.8 Å². The molecule has 5 heteroatoms. The van der Waals surface area contributed by atoms with Crippen molar-refractivity contribution in [3.63, 3.8) is 0 Å². The third-order valence-corrected chi connectivity index (χ3v) is 4.07. The van der Waals surface area contributed by atoms with Crippen LogP contribution in [0.2, 0.25) is 0 Å². The molecule has 0 radical (unpaired) electrons. The van der Waals surface area contributed by atoms with E-state index in [1.165, 1.54) is 12.8 Å². The van der Waals surface area contributed by atoms with E-state index in [2.05, 4.69) is 21.2 Å². The molecule has 0 aromatic heterocycles. The van der Waals surface area contributed by atoms with Crippen LogP contribution in [0, 0.1) is 12.8 Å². The number of carbonyl (C=O) groups is 1. The fourth-order valence-electron chi connectivity index (χ4n) is 1.91. The van der Waals surface area contributed by atoms with Gasteiger partial charge in [-0.3, -0.25) is 4.79 Å². The largest absolute Gasteiger partial charge is 0.348 e. The molecule has 1 aromatic carbocycles. The topological polar surface area (TPSA) is 55.1 Å². The van der Waals surface area contributed by atoms with Gasteiger partial charge in [0.05, 0.1) is 0 Å². The lowest BCUT2D eigenvalue weighted by atomic mass is 10.1. The van der Waals surface area contributed by atoms with Gasteiger partial charge >= 0.3 is 0 Å². The van der Waals surface area contributed by atoms with Crippen LogP contribution < -0.4 is 11.1 Å². The molecule has 1 fully saturated rings. The van der Waals surface area contributed by atoms with Crippen LogP contribution in [0.5, 0.6) is 0 Å². The third-order valence-electron chi connectivity index (χ3n) is 3.18. The van der Waals surface area contributed by atoms with E-state index in [0.717, 1.165) is 10.0 Å². The predicted molar refractivity (Wildman–Crippen MR) is 79.2 cm³/mol. The monoisotopic (exact) mass is 332 g/mol. The molecule has 1 aromatic rings. The maximum atomic E-state index is 12.0. The Labute approximate surface area is 122 Å². The van der Waals surface area contributed by atoms with Crippen LogP contribution in [0.3, 0.4) is 0 Å². The summed E-state index contributed by atoms with van der Waals surface area (Å²) in [5.74, 6) is 0.559. The Kier molecular flexibility index (Phi) is 5.63. The summed E-state index contributed by atoms with van der Waals surface area (Å²) >= 11 is 3.42. The highest BCUT2D eigenvalue weighted by atomic mass is 79.9. The quantitative estimate of drug-likeness (QED) is 0.890. The number of benzene rings is 1. The molecule has 1 saturated carbocycles. The second-order valence-corrected chi connectivity index (χ2v) is 5.47. The lowest BCUT2D eigenvalue weighted by molar-refractivity contribution is 0.0933. The van der Waals surface area contributed by atoms with E-state index in [1.807, 2.05) is 25.1 Å². The molecule has 1 aliphatic carbocycles. The van der Waals surface area contributed by atoms with E-state index in [-0.39, 0.29) is 24.4 Å². The maximum absolute atomic E-state index is 12.0. The van der Waals surface area contributed by atoms with Crippen molar-refractivity contribution in [1.29, 1.82) is 0 Å². The fourth-order valence-corrected chi connectivity index (χ4v) is 2.15. The van der Waals surface area contributed by atoms with Gasteiger partial charge in [0.2, 0.25) is 0 Å². The molecule has 0 saturated heterocycles. The first-order valence-electron chi connectivity index (χ1n) is 5.89. The van der Waals surface area contributed by atoms with E-state index < -0.39 is 0 Å². The van der Waals surface area contributed by atoms with Crippen molar-refractivity contribution in [3.8, 4) is 0 Å². The standard InChI is InChI=1S/C13H17BrN2O.ClH/c1-8-6-10(4-5-11(8)14)13(17)16-12(7-15)9-2-3-9;/h4-6,9,12H,2-3,7,15H2,1H3,(H,16,17);1H. The molecule has 3 nitrogen and oxygen atoms in total. The van der Waals surface area contributed by atoms with Crippen LogP contribution >= 0.6 is 28.3 Å². The van der Waals surface area contributed by atoms with Gasteiger partial charge in [0, 0.05) is 22.6 Å². The molecule has 1 unspecified atom stereocenters. The number of rotatable bonds is 4. The minimum Gasteiger partial charge on any atom is -0.348 e. The number of nitrogens with one attached hydrogen (secondary N) is 1. The van der Waals surface area contributed by atoms with Crippen molar-refractivity contribution >= 4 is 34.2 Å². The molecule has 3 N–H and O–H groups in total. The van der Waals surface area contributed by atoms with E-state index >= 15 is 0 Å². The van der Waals surface area contributed by atoms with Crippen LogP contribution in [-0.2, 0) is 0 Å². The minimum absolute atomic E-state index is 0. The molecule has 0 spiro atoms. The molecule has 0 bridgehead atoms. The Balaban J connectivity index is 0.00000162. The molecule has 0 aliphatic heterocycles. The van der Waals surface area contributed by atoms with E-state index in [4.69, 9.17) is 5.73 Å². The van der Waals surface area contributed by atoms with Gasteiger partial charge in [-0.2, -0.15) is 0 Å².